The lowest BCUT2D eigenvalue weighted by molar-refractivity contribution is 0.612. The van der Waals surface area contributed by atoms with Gasteiger partial charge in [0.2, 0.25) is 0 Å². The highest BCUT2D eigenvalue weighted by atomic mass is 19.1. The first-order chi connectivity index (χ1) is 5.84. The average Bonchev–Trinajstić information content (AvgIpc) is 2.84. The molecule has 1 aliphatic carbocycles. The predicted molar refractivity (Wildman–Crippen MR) is 44.1 cm³/mol. The minimum atomic E-state index is -0.259. The van der Waals surface area contributed by atoms with E-state index >= 15 is 0 Å². The highest BCUT2D eigenvalue weighted by Crippen LogP contribution is 2.19. The second kappa shape index (κ2) is 3.19. The van der Waals surface area contributed by atoms with Gasteiger partial charge in [0.25, 0.3) is 0 Å². The van der Waals surface area contributed by atoms with Crippen molar-refractivity contribution < 1.29 is 4.39 Å². The van der Waals surface area contributed by atoms with Crippen molar-refractivity contribution in [1.82, 2.24) is 10.3 Å². The minimum Gasteiger partial charge on any atom is -0.310 e. The Morgan fingerprint density at radius 3 is 3.00 bits per heavy atom. The van der Waals surface area contributed by atoms with E-state index in [9.17, 15) is 4.39 Å². The lowest BCUT2D eigenvalue weighted by Crippen LogP contribution is -2.15. The molecule has 1 aromatic rings. The van der Waals surface area contributed by atoms with Gasteiger partial charge in [0.1, 0.15) is 5.82 Å². The van der Waals surface area contributed by atoms with E-state index in [2.05, 4.69) is 10.3 Å². The summed E-state index contributed by atoms with van der Waals surface area (Å²) in [5, 5.41) is 3.29. The molecule has 1 saturated carbocycles. The Labute approximate surface area is 70.8 Å². The lowest BCUT2D eigenvalue weighted by Gasteiger charge is -2.01. The number of nitrogens with zero attached hydrogens (tertiary/aromatic N) is 1. The highest BCUT2D eigenvalue weighted by molar-refractivity contribution is 5.10. The summed E-state index contributed by atoms with van der Waals surface area (Å²) in [4.78, 5) is 3.77. The maximum atomic E-state index is 12.6. The van der Waals surface area contributed by atoms with Gasteiger partial charge in [-0.05, 0) is 24.5 Å². The molecule has 0 unspecified atom stereocenters. The molecule has 0 aliphatic heterocycles. The number of nitrogens with one attached hydrogen (secondary N) is 1. The van der Waals surface area contributed by atoms with Crippen LogP contribution in [-0.4, -0.2) is 11.0 Å². The van der Waals surface area contributed by atoms with Crippen LogP contribution in [0.2, 0.25) is 0 Å². The van der Waals surface area contributed by atoms with Crippen LogP contribution in [0.15, 0.2) is 18.5 Å². The van der Waals surface area contributed by atoms with Crippen LogP contribution in [0.4, 0.5) is 4.39 Å². The number of aromatic nitrogens is 1. The van der Waals surface area contributed by atoms with Gasteiger partial charge >= 0.3 is 0 Å². The van der Waals surface area contributed by atoms with Crippen molar-refractivity contribution in [3.05, 3.63) is 29.8 Å². The van der Waals surface area contributed by atoms with Crippen molar-refractivity contribution in [3.8, 4) is 0 Å². The topological polar surface area (TPSA) is 24.9 Å². The first-order valence-corrected chi connectivity index (χ1v) is 4.17. The van der Waals surface area contributed by atoms with E-state index in [-0.39, 0.29) is 5.82 Å². The van der Waals surface area contributed by atoms with Crippen LogP contribution in [0.1, 0.15) is 18.4 Å². The fraction of sp³-hybridized carbons (Fsp3) is 0.444. The summed E-state index contributed by atoms with van der Waals surface area (Å²) < 4.78 is 12.6. The summed E-state index contributed by atoms with van der Waals surface area (Å²) in [5.41, 5.74) is 0.918. The Kier molecular flexibility index (Phi) is 2.04. The van der Waals surface area contributed by atoms with Crippen molar-refractivity contribution in [2.75, 3.05) is 0 Å². The third-order valence-electron chi connectivity index (χ3n) is 1.93. The summed E-state index contributed by atoms with van der Waals surface area (Å²) in [6.45, 7) is 0.732. The molecule has 0 radical (unpaired) electrons. The maximum absolute atomic E-state index is 12.6. The molecule has 0 amide bonds. The number of hydrogen-bond acceptors (Lipinski definition) is 2. The molecule has 0 aromatic carbocycles. The molecule has 12 heavy (non-hydrogen) atoms. The first kappa shape index (κ1) is 7.68. The molecular formula is C9H11FN2. The molecule has 1 aliphatic rings. The summed E-state index contributed by atoms with van der Waals surface area (Å²) in [5.74, 6) is -0.259. The Morgan fingerprint density at radius 1 is 1.50 bits per heavy atom. The van der Waals surface area contributed by atoms with Gasteiger partial charge in [0.15, 0.2) is 0 Å². The van der Waals surface area contributed by atoms with Crippen LogP contribution in [0.25, 0.3) is 0 Å². The zero-order chi connectivity index (χ0) is 8.39. The number of rotatable bonds is 3. The van der Waals surface area contributed by atoms with Gasteiger partial charge < -0.3 is 5.32 Å². The maximum Gasteiger partial charge on any atom is 0.141 e. The lowest BCUT2D eigenvalue weighted by atomic mass is 10.3. The molecule has 3 heteroatoms. The van der Waals surface area contributed by atoms with Crippen molar-refractivity contribution in [2.45, 2.75) is 25.4 Å². The molecule has 1 aromatic heterocycles. The van der Waals surface area contributed by atoms with Crippen molar-refractivity contribution in [3.63, 3.8) is 0 Å². The van der Waals surface area contributed by atoms with Gasteiger partial charge in [-0.15, -0.1) is 0 Å². The van der Waals surface area contributed by atoms with Crippen LogP contribution in [-0.2, 0) is 6.54 Å². The van der Waals surface area contributed by atoms with Gasteiger partial charge in [-0.2, -0.15) is 0 Å². The Balaban J connectivity index is 1.92. The second-order valence-electron chi connectivity index (χ2n) is 3.17. The van der Waals surface area contributed by atoms with Crippen molar-refractivity contribution in [1.29, 1.82) is 0 Å². The third-order valence-corrected chi connectivity index (χ3v) is 1.93. The van der Waals surface area contributed by atoms with Gasteiger partial charge in [-0.3, -0.25) is 4.98 Å². The molecule has 2 nitrogen and oxygen atoms in total. The Bertz CT molecular complexity index is 271. The van der Waals surface area contributed by atoms with Gasteiger partial charge in [0, 0.05) is 18.8 Å². The molecule has 64 valence electrons. The molecule has 0 atom stereocenters. The van der Waals surface area contributed by atoms with E-state index < -0.39 is 0 Å². The summed E-state index contributed by atoms with van der Waals surface area (Å²) in [7, 11) is 0. The quantitative estimate of drug-likeness (QED) is 0.735. The van der Waals surface area contributed by atoms with Crippen LogP contribution in [0.3, 0.4) is 0 Å². The molecule has 1 N–H and O–H groups in total. The van der Waals surface area contributed by atoms with E-state index in [0.29, 0.717) is 6.04 Å². The van der Waals surface area contributed by atoms with E-state index in [4.69, 9.17) is 0 Å². The fourth-order valence-corrected chi connectivity index (χ4v) is 1.10. The van der Waals surface area contributed by atoms with Crippen LogP contribution in [0.5, 0.6) is 0 Å². The van der Waals surface area contributed by atoms with E-state index in [0.717, 1.165) is 12.1 Å². The van der Waals surface area contributed by atoms with E-state index in [1.807, 2.05) is 0 Å². The molecule has 1 heterocycles. The largest absolute Gasteiger partial charge is 0.310 e. The molecule has 2 rings (SSSR count). The molecular weight excluding hydrogens is 155 g/mol. The summed E-state index contributed by atoms with van der Waals surface area (Å²) in [6.07, 6.45) is 5.42. The van der Waals surface area contributed by atoms with Gasteiger partial charge in [-0.1, -0.05) is 0 Å². The van der Waals surface area contributed by atoms with E-state index in [1.165, 1.54) is 25.1 Å². The van der Waals surface area contributed by atoms with Crippen LogP contribution < -0.4 is 5.32 Å². The monoisotopic (exact) mass is 166 g/mol. The predicted octanol–water partition coefficient (Wildman–Crippen LogP) is 1.47. The Morgan fingerprint density at radius 2 is 2.33 bits per heavy atom. The molecule has 0 saturated heterocycles. The summed E-state index contributed by atoms with van der Waals surface area (Å²) in [6, 6.07) is 2.18. The molecule has 1 fully saturated rings. The summed E-state index contributed by atoms with van der Waals surface area (Å²) >= 11 is 0. The second-order valence-corrected chi connectivity index (χ2v) is 3.17. The highest BCUT2D eigenvalue weighted by Gasteiger charge is 2.19. The normalized spacial score (nSPS) is 16.4. The van der Waals surface area contributed by atoms with Crippen LogP contribution in [0, 0.1) is 5.82 Å². The minimum absolute atomic E-state index is 0.259. The molecule has 0 spiro atoms. The number of halogens is 1. The van der Waals surface area contributed by atoms with E-state index in [1.54, 1.807) is 6.20 Å². The van der Waals surface area contributed by atoms with Gasteiger partial charge in [0.05, 0.1) is 6.20 Å². The SMILES string of the molecule is Fc1cncc(CNC2CC2)c1. The molecule has 0 bridgehead atoms. The van der Waals surface area contributed by atoms with Gasteiger partial charge in [-0.25, -0.2) is 4.39 Å². The Hall–Kier alpha value is -0.960. The van der Waals surface area contributed by atoms with Crippen molar-refractivity contribution >= 4 is 0 Å². The first-order valence-electron chi connectivity index (χ1n) is 4.17. The zero-order valence-corrected chi connectivity index (χ0v) is 6.76. The number of pyridine rings is 1. The number of hydrogen-bond donors (Lipinski definition) is 1. The zero-order valence-electron chi connectivity index (χ0n) is 6.76. The average molecular weight is 166 g/mol. The standard InChI is InChI=1S/C9H11FN2/c10-8-3-7(4-11-6-8)5-12-9-1-2-9/h3-4,6,9,12H,1-2,5H2. The smallest absolute Gasteiger partial charge is 0.141 e. The fourth-order valence-electron chi connectivity index (χ4n) is 1.10. The van der Waals surface area contributed by atoms with Crippen molar-refractivity contribution in [2.24, 2.45) is 0 Å². The third kappa shape index (κ3) is 2.01. The van der Waals surface area contributed by atoms with Crippen LogP contribution >= 0.6 is 0 Å².